The summed E-state index contributed by atoms with van der Waals surface area (Å²) in [4.78, 5) is 0.285. The molecule has 0 aliphatic heterocycles. The van der Waals surface area contributed by atoms with Crippen LogP contribution in [-0.4, -0.2) is 34.2 Å². The number of anilines is 1. The van der Waals surface area contributed by atoms with Crippen molar-refractivity contribution in [1.82, 2.24) is 4.72 Å². The first-order valence-electron chi connectivity index (χ1n) is 7.40. The third-order valence-electron chi connectivity index (χ3n) is 2.70. The van der Waals surface area contributed by atoms with Crippen molar-refractivity contribution in [2.24, 2.45) is 0 Å². The zero-order chi connectivity index (χ0) is 15.7. The van der Waals surface area contributed by atoms with Crippen molar-refractivity contribution in [1.29, 1.82) is 0 Å². The van der Waals surface area contributed by atoms with Crippen molar-refractivity contribution in [2.45, 2.75) is 44.6 Å². The smallest absolute Gasteiger partial charge is 0.242 e. The molecular weight excluding hydrogens is 288 g/mol. The first kappa shape index (κ1) is 17.9. The molecule has 0 fully saturated rings. The van der Waals surface area contributed by atoms with Gasteiger partial charge in [0.05, 0.1) is 5.69 Å². The van der Waals surface area contributed by atoms with Gasteiger partial charge in [-0.05, 0) is 38.8 Å². The predicted molar refractivity (Wildman–Crippen MR) is 86.1 cm³/mol. The SMILES string of the molecule is CCCOCCCNc1ccccc1S(=O)(=O)NC(C)C. The van der Waals surface area contributed by atoms with E-state index in [0.717, 1.165) is 19.4 Å². The Balaban J connectivity index is 2.63. The molecule has 0 aliphatic carbocycles. The van der Waals surface area contributed by atoms with Crippen molar-refractivity contribution in [3.63, 3.8) is 0 Å². The van der Waals surface area contributed by atoms with E-state index in [1.54, 1.807) is 32.0 Å². The lowest BCUT2D eigenvalue weighted by atomic mass is 10.3. The summed E-state index contributed by atoms with van der Waals surface area (Å²) in [6, 6.07) is 6.81. The van der Waals surface area contributed by atoms with Crippen LogP contribution in [0, 0.1) is 0 Å². The van der Waals surface area contributed by atoms with Gasteiger partial charge in [-0.2, -0.15) is 0 Å². The summed E-state index contributed by atoms with van der Waals surface area (Å²) in [5.41, 5.74) is 0.626. The molecule has 0 spiro atoms. The van der Waals surface area contributed by atoms with Crippen LogP contribution in [0.25, 0.3) is 0 Å². The van der Waals surface area contributed by atoms with Crippen LogP contribution in [0.2, 0.25) is 0 Å². The minimum Gasteiger partial charge on any atom is -0.384 e. The van der Waals surface area contributed by atoms with Crippen LogP contribution in [-0.2, 0) is 14.8 Å². The van der Waals surface area contributed by atoms with E-state index in [9.17, 15) is 8.42 Å². The molecule has 0 aliphatic rings. The number of benzene rings is 1. The Kier molecular flexibility index (Phi) is 7.71. The zero-order valence-corrected chi connectivity index (χ0v) is 13.9. The van der Waals surface area contributed by atoms with Gasteiger partial charge in [-0.1, -0.05) is 19.1 Å². The van der Waals surface area contributed by atoms with Gasteiger partial charge in [-0.15, -0.1) is 0 Å². The summed E-state index contributed by atoms with van der Waals surface area (Å²) in [5.74, 6) is 0. The molecule has 0 saturated carbocycles. The summed E-state index contributed by atoms with van der Waals surface area (Å²) in [6.45, 7) is 7.81. The molecule has 0 bridgehead atoms. The topological polar surface area (TPSA) is 67.4 Å². The van der Waals surface area contributed by atoms with Gasteiger partial charge in [0, 0.05) is 25.8 Å². The van der Waals surface area contributed by atoms with E-state index < -0.39 is 10.0 Å². The van der Waals surface area contributed by atoms with Crippen LogP contribution in [0.3, 0.4) is 0 Å². The highest BCUT2D eigenvalue weighted by Gasteiger charge is 2.18. The zero-order valence-electron chi connectivity index (χ0n) is 13.1. The van der Waals surface area contributed by atoms with E-state index in [1.807, 2.05) is 6.07 Å². The van der Waals surface area contributed by atoms with Crippen LogP contribution in [0.1, 0.15) is 33.6 Å². The van der Waals surface area contributed by atoms with E-state index in [-0.39, 0.29) is 10.9 Å². The lowest BCUT2D eigenvalue weighted by molar-refractivity contribution is 0.134. The maximum absolute atomic E-state index is 12.3. The number of ether oxygens (including phenoxy) is 1. The lowest BCUT2D eigenvalue weighted by Crippen LogP contribution is -2.30. The van der Waals surface area contributed by atoms with Crippen molar-refractivity contribution in [3.8, 4) is 0 Å². The molecule has 21 heavy (non-hydrogen) atoms. The highest BCUT2D eigenvalue weighted by molar-refractivity contribution is 7.89. The summed E-state index contributed by atoms with van der Waals surface area (Å²) in [6.07, 6.45) is 1.85. The number of sulfonamides is 1. The van der Waals surface area contributed by atoms with Gasteiger partial charge in [-0.3, -0.25) is 0 Å². The van der Waals surface area contributed by atoms with Crippen LogP contribution < -0.4 is 10.0 Å². The summed E-state index contributed by atoms with van der Waals surface area (Å²) < 4.78 is 32.5. The highest BCUT2D eigenvalue weighted by Crippen LogP contribution is 2.20. The maximum Gasteiger partial charge on any atom is 0.242 e. The molecule has 1 rings (SSSR count). The average Bonchev–Trinajstić information content (AvgIpc) is 2.41. The Morgan fingerprint density at radius 3 is 2.57 bits per heavy atom. The molecule has 120 valence electrons. The first-order chi connectivity index (χ1) is 9.97. The molecule has 1 aromatic carbocycles. The van der Waals surface area contributed by atoms with Crippen molar-refractivity contribution < 1.29 is 13.2 Å². The van der Waals surface area contributed by atoms with Gasteiger partial charge >= 0.3 is 0 Å². The largest absolute Gasteiger partial charge is 0.384 e. The normalized spacial score (nSPS) is 11.8. The van der Waals surface area contributed by atoms with E-state index in [0.29, 0.717) is 18.8 Å². The molecule has 0 atom stereocenters. The second kappa shape index (κ2) is 9.02. The first-order valence-corrected chi connectivity index (χ1v) is 8.88. The molecule has 5 nitrogen and oxygen atoms in total. The molecule has 6 heteroatoms. The Morgan fingerprint density at radius 2 is 1.90 bits per heavy atom. The van der Waals surface area contributed by atoms with Gasteiger partial charge in [0.2, 0.25) is 10.0 Å². The van der Waals surface area contributed by atoms with E-state index in [2.05, 4.69) is 17.0 Å². The van der Waals surface area contributed by atoms with Crippen LogP contribution in [0.4, 0.5) is 5.69 Å². The van der Waals surface area contributed by atoms with Crippen LogP contribution in [0.5, 0.6) is 0 Å². The standard InChI is InChI=1S/C15H26N2O3S/c1-4-11-20-12-7-10-16-14-8-5-6-9-15(14)21(18,19)17-13(2)3/h5-6,8-9,13,16-17H,4,7,10-12H2,1-3H3. The Hall–Kier alpha value is -1.11. The molecule has 0 amide bonds. The van der Waals surface area contributed by atoms with Gasteiger partial charge in [-0.25, -0.2) is 13.1 Å². The average molecular weight is 314 g/mol. The fraction of sp³-hybridized carbons (Fsp3) is 0.600. The Bertz CT molecular complexity index is 515. The molecule has 0 radical (unpaired) electrons. The molecule has 0 heterocycles. The molecule has 0 saturated heterocycles. The third-order valence-corrected chi connectivity index (χ3v) is 4.41. The number of nitrogens with one attached hydrogen (secondary N) is 2. The van der Waals surface area contributed by atoms with Gasteiger partial charge in [0.25, 0.3) is 0 Å². The second-order valence-electron chi connectivity index (χ2n) is 5.16. The van der Waals surface area contributed by atoms with Crippen LogP contribution >= 0.6 is 0 Å². The quantitative estimate of drug-likeness (QED) is 0.651. The third kappa shape index (κ3) is 6.46. The fourth-order valence-corrected chi connectivity index (χ4v) is 3.30. The molecule has 1 aromatic rings. The fourth-order valence-electron chi connectivity index (χ4n) is 1.86. The van der Waals surface area contributed by atoms with E-state index in [4.69, 9.17) is 4.74 Å². The monoisotopic (exact) mass is 314 g/mol. The van der Waals surface area contributed by atoms with Crippen LogP contribution in [0.15, 0.2) is 29.2 Å². The second-order valence-corrected chi connectivity index (χ2v) is 6.85. The molecule has 0 unspecified atom stereocenters. The van der Waals surface area contributed by atoms with Crippen molar-refractivity contribution >= 4 is 15.7 Å². The highest BCUT2D eigenvalue weighted by atomic mass is 32.2. The number of hydrogen-bond acceptors (Lipinski definition) is 4. The maximum atomic E-state index is 12.3. The molecule has 2 N–H and O–H groups in total. The van der Waals surface area contributed by atoms with E-state index >= 15 is 0 Å². The minimum absolute atomic E-state index is 0.134. The predicted octanol–water partition coefficient (Wildman–Crippen LogP) is 2.60. The minimum atomic E-state index is -3.49. The van der Waals surface area contributed by atoms with Crippen molar-refractivity contribution in [2.75, 3.05) is 25.1 Å². The Labute approximate surface area is 128 Å². The molecular formula is C15H26N2O3S. The van der Waals surface area contributed by atoms with E-state index in [1.165, 1.54) is 0 Å². The summed E-state index contributed by atoms with van der Waals surface area (Å²) >= 11 is 0. The lowest BCUT2D eigenvalue weighted by Gasteiger charge is -2.14. The van der Waals surface area contributed by atoms with Gasteiger partial charge < -0.3 is 10.1 Å². The Morgan fingerprint density at radius 1 is 1.19 bits per heavy atom. The van der Waals surface area contributed by atoms with Gasteiger partial charge in [0.1, 0.15) is 4.90 Å². The van der Waals surface area contributed by atoms with Crippen molar-refractivity contribution in [3.05, 3.63) is 24.3 Å². The number of para-hydroxylation sites is 1. The summed E-state index contributed by atoms with van der Waals surface area (Å²) in [5, 5.41) is 3.17. The number of hydrogen-bond donors (Lipinski definition) is 2. The molecule has 0 aromatic heterocycles. The van der Waals surface area contributed by atoms with Gasteiger partial charge in [0.15, 0.2) is 0 Å². The number of rotatable bonds is 10. The summed E-state index contributed by atoms with van der Waals surface area (Å²) in [7, 11) is -3.49.